The molecule has 0 unspecified atom stereocenters. The third kappa shape index (κ3) is 2.58. The maximum Gasteiger partial charge on any atom is 0.134 e. The molecule has 0 saturated heterocycles. The van der Waals surface area contributed by atoms with Gasteiger partial charge in [-0.1, -0.05) is 0 Å². The van der Waals surface area contributed by atoms with Gasteiger partial charge in [-0.2, -0.15) is 0 Å². The van der Waals surface area contributed by atoms with E-state index in [-0.39, 0.29) is 5.82 Å². The predicted molar refractivity (Wildman–Crippen MR) is 68.7 cm³/mol. The third-order valence-corrected chi connectivity index (χ3v) is 2.80. The molecule has 96 valence electrons. The second-order valence-corrected chi connectivity index (χ2v) is 4.22. The number of hydrogen-bond donors (Lipinski definition) is 2. The van der Waals surface area contributed by atoms with Crippen molar-refractivity contribution < 1.29 is 4.39 Å². The molecule has 0 radical (unpaired) electrons. The zero-order valence-electron chi connectivity index (χ0n) is 10.4. The van der Waals surface area contributed by atoms with Crippen molar-refractivity contribution in [3.8, 4) is 0 Å². The molecule has 0 saturated carbocycles. The van der Waals surface area contributed by atoms with Gasteiger partial charge in [0, 0.05) is 20.0 Å². The van der Waals surface area contributed by atoms with Gasteiger partial charge >= 0.3 is 0 Å². The fourth-order valence-corrected chi connectivity index (χ4v) is 1.69. The van der Waals surface area contributed by atoms with Crippen molar-refractivity contribution >= 4 is 11.4 Å². The summed E-state index contributed by atoms with van der Waals surface area (Å²) < 4.78 is 15.1. The first-order chi connectivity index (χ1) is 8.58. The predicted octanol–water partition coefficient (Wildman–Crippen LogP) is 1.50. The Morgan fingerprint density at radius 2 is 2.22 bits per heavy atom. The van der Waals surface area contributed by atoms with Gasteiger partial charge < -0.3 is 15.6 Å². The Balaban J connectivity index is 1.99. The summed E-state index contributed by atoms with van der Waals surface area (Å²) in [5.74, 6) is 0.603. The average Bonchev–Trinajstić information content (AvgIpc) is 2.72. The van der Waals surface area contributed by atoms with Crippen LogP contribution in [0.1, 0.15) is 11.4 Å². The van der Waals surface area contributed by atoms with E-state index in [1.54, 1.807) is 19.3 Å². The lowest BCUT2D eigenvalue weighted by Gasteiger charge is -2.10. The highest BCUT2D eigenvalue weighted by Crippen LogP contribution is 2.22. The first-order valence-corrected chi connectivity index (χ1v) is 5.70. The van der Waals surface area contributed by atoms with E-state index in [9.17, 15) is 4.39 Å². The van der Waals surface area contributed by atoms with Crippen LogP contribution in [-0.4, -0.2) is 21.3 Å². The van der Waals surface area contributed by atoms with E-state index in [1.165, 1.54) is 6.07 Å². The molecule has 2 aromatic rings. The molecule has 0 atom stereocenters. The maximum atomic E-state index is 13.2. The third-order valence-electron chi connectivity index (χ3n) is 2.80. The van der Waals surface area contributed by atoms with Gasteiger partial charge in [0.1, 0.15) is 18.0 Å². The van der Waals surface area contributed by atoms with Crippen molar-refractivity contribution in [2.45, 2.75) is 13.3 Å². The summed E-state index contributed by atoms with van der Waals surface area (Å²) in [7, 11) is 1.89. The quantitative estimate of drug-likeness (QED) is 0.806. The number of nitrogen functional groups attached to an aromatic ring is 1. The average molecular weight is 249 g/mol. The smallest absolute Gasteiger partial charge is 0.134 e. The van der Waals surface area contributed by atoms with Gasteiger partial charge in [-0.15, -0.1) is 10.2 Å². The van der Waals surface area contributed by atoms with Gasteiger partial charge in [0.15, 0.2) is 0 Å². The Bertz CT molecular complexity index is 549. The zero-order chi connectivity index (χ0) is 13.1. The monoisotopic (exact) mass is 249 g/mol. The topological polar surface area (TPSA) is 68.8 Å². The first kappa shape index (κ1) is 12.3. The number of aryl methyl sites for hydroxylation is 2. The molecule has 0 aliphatic carbocycles. The molecule has 5 nitrogen and oxygen atoms in total. The van der Waals surface area contributed by atoms with Gasteiger partial charge in [0.05, 0.1) is 11.4 Å². The molecule has 3 N–H and O–H groups in total. The van der Waals surface area contributed by atoms with E-state index in [0.29, 0.717) is 17.8 Å². The molecular formula is C12H16FN5. The van der Waals surface area contributed by atoms with Crippen LogP contribution in [-0.2, 0) is 13.5 Å². The zero-order valence-corrected chi connectivity index (χ0v) is 10.4. The van der Waals surface area contributed by atoms with Crippen LogP contribution in [0.15, 0.2) is 18.5 Å². The minimum Gasteiger partial charge on any atom is -0.397 e. The summed E-state index contributed by atoms with van der Waals surface area (Å²) in [4.78, 5) is 0. The number of halogens is 1. The van der Waals surface area contributed by atoms with Crippen LogP contribution in [0.25, 0.3) is 0 Å². The summed E-state index contributed by atoms with van der Waals surface area (Å²) in [5, 5.41) is 11.0. The Morgan fingerprint density at radius 3 is 2.89 bits per heavy atom. The Labute approximate surface area is 105 Å². The van der Waals surface area contributed by atoms with Crippen molar-refractivity contribution in [3.05, 3.63) is 35.7 Å². The molecule has 0 aliphatic heterocycles. The van der Waals surface area contributed by atoms with E-state index in [0.717, 1.165) is 17.9 Å². The summed E-state index contributed by atoms with van der Waals surface area (Å²) in [5.41, 5.74) is 7.48. The van der Waals surface area contributed by atoms with E-state index >= 15 is 0 Å². The van der Waals surface area contributed by atoms with Crippen molar-refractivity contribution in [2.24, 2.45) is 7.05 Å². The summed E-state index contributed by atoms with van der Waals surface area (Å²) in [6.45, 7) is 2.38. The Kier molecular flexibility index (Phi) is 3.45. The highest BCUT2D eigenvalue weighted by Gasteiger charge is 2.05. The van der Waals surface area contributed by atoms with Crippen LogP contribution in [0, 0.1) is 12.7 Å². The largest absolute Gasteiger partial charge is 0.397 e. The first-order valence-electron chi connectivity index (χ1n) is 5.70. The number of nitrogens with one attached hydrogen (secondary N) is 1. The van der Waals surface area contributed by atoms with Gasteiger partial charge in [-0.25, -0.2) is 4.39 Å². The molecule has 1 aromatic carbocycles. The van der Waals surface area contributed by atoms with Crippen LogP contribution in [0.4, 0.5) is 15.8 Å². The van der Waals surface area contributed by atoms with Gasteiger partial charge in [0.2, 0.25) is 0 Å². The van der Waals surface area contributed by atoms with Crippen LogP contribution >= 0.6 is 0 Å². The molecule has 18 heavy (non-hydrogen) atoms. The van der Waals surface area contributed by atoms with Crippen LogP contribution in [0.2, 0.25) is 0 Å². The molecule has 6 heteroatoms. The molecule has 2 rings (SSSR count). The summed E-state index contributed by atoms with van der Waals surface area (Å²) >= 11 is 0. The van der Waals surface area contributed by atoms with Gasteiger partial charge in [-0.05, 0) is 24.6 Å². The second kappa shape index (κ2) is 5.03. The standard InChI is InChI=1S/C12H16FN5/c1-8-5-11(10(14)6-9(8)13)15-4-3-12-17-16-7-18(12)2/h5-7,15H,3-4,14H2,1-2H3. The number of aromatic nitrogens is 3. The molecular weight excluding hydrogens is 233 g/mol. The lowest BCUT2D eigenvalue weighted by atomic mass is 10.2. The summed E-state index contributed by atoms with van der Waals surface area (Å²) in [6, 6.07) is 3.04. The van der Waals surface area contributed by atoms with E-state index in [2.05, 4.69) is 15.5 Å². The number of rotatable bonds is 4. The minimum atomic E-state index is -0.286. The maximum absolute atomic E-state index is 13.2. The lowest BCUT2D eigenvalue weighted by Crippen LogP contribution is -2.10. The van der Waals surface area contributed by atoms with Crippen molar-refractivity contribution in [2.75, 3.05) is 17.6 Å². The Morgan fingerprint density at radius 1 is 1.44 bits per heavy atom. The minimum absolute atomic E-state index is 0.286. The molecule has 0 aliphatic rings. The van der Waals surface area contributed by atoms with Crippen molar-refractivity contribution in [1.29, 1.82) is 0 Å². The molecule has 0 amide bonds. The number of hydrogen-bond acceptors (Lipinski definition) is 4. The summed E-state index contributed by atoms with van der Waals surface area (Å²) in [6.07, 6.45) is 2.39. The number of nitrogens with zero attached hydrogens (tertiary/aromatic N) is 3. The molecule has 1 aromatic heterocycles. The molecule has 1 heterocycles. The normalized spacial score (nSPS) is 10.6. The SMILES string of the molecule is Cc1cc(NCCc2nncn2C)c(N)cc1F. The molecule has 0 fully saturated rings. The van der Waals surface area contributed by atoms with E-state index in [4.69, 9.17) is 5.73 Å². The van der Waals surface area contributed by atoms with Crippen molar-refractivity contribution in [1.82, 2.24) is 14.8 Å². The highest BCUT2D eigenvalue weighted by atomic mass is 19.1. The van der Waals surface area contributed by atoms with Crippen molar-refractivity contribution in [3.63, 3.8) is 0 Å². The van der Waals surface area contributed by atoms with Crippen LogP contribution in [0.3, 0.4) is 0 Å². The fourth-order valence-electron chi connectivity index (χ4n) is 1.69. The van der Waals surface area contributed by atoms with Crippen LogP contribution in [0.5, 0.6) is 0 Å². The Hall–Kier alpha value is -2.11. The lowest BCUT2D eigenvalue weighted by molar-refractivity contribution is 0.619. The van der Waals surface area contributed by atoms with E-state index < -0.39 is 0 Å². The fraction of sp³-hybridized carbons (Fsp3) is 0.333. The number of anilines is 2. The van der Waals surface area contributed by atoms with Gasteiger partial charge in [-0.3, -0.25) is 0 Å². The number of benzene rings is 1. The van der Waals surface area contributed by atoms with Gasteiger partial charge in [0.25, 0.3) is 0 Å². The van der Waals surface area contributed by atoms with Crippen LogP contribution < -0.4 is 11.1 Å². The molecule has 0 bridgehead atoms. The number of nitrogens with two attached hydrogens (primary N) is 1. The van der Waals surface area contributed by atoms with E-state index in [1.807, 2.05) is 11.6 Å². The second-order valence-electron chi connectivity index (χ2n) is 4.22. The molecule has 0 spiro atoms. The highest BCUT2D eigenvalue weighted by molar-refractivity contribution is 5.67.